The molecule has 182 valence electrons. The molecule has 0 fully saturated rings. The van der Waals surface area contributed by atoms with Gasteiger partial charge in [0, 0.05) is 29.8 Å². The lowest BCUT2D eigenvalue weighted by Crippen LogP contribution is -2.42. The minimum atomic E-state index is -1.36. The Bertz CT molecular complexity index is 1140. The highest BCUT2D eigenvalue weighted by molar-refractivity contribution is 6.30. The van der Waals surface area contributed by atoms with Crippen molar-refractivity contribution in [1.82, 2.24) is 9.97 Å². The van der Waals surface area contributed by atoms with Crippen LogP contribution in [0.25, 0.3) is 0 Å². The van der Waals surface area contributed by atoms with Gasteiger partial charge in [-0.15, -0.1) is 0 Å². The third kappa shape index (κ3) is 7.79. The quantitative estimate of drug-likeness (QED) is 0.303. The summed E-state index contributed by atoms with van der Waals surface area (Å²) >= 11 is 5.88. The smallest absolute Gasteiger partial charge is 0.350 e. The summed E-state index contributed by atoms with van der Waals surface area (Å²) in [4.78, 5) is 45.2. The van der Waals surface area contributed by atoms with Gasteiger partial charge in [-0.05, 0) is 62.4 Å². The second-order valence-electron chi connectivity index (χ2n) is 7.77. The summed E-state index contributed by atoms with van der Waals surface area (Å²) in [6.07, 6.45) is 4.61. The molecule has 0 saturated heterocycles. The number of ether oxygens (including phenoxy) is 4. The average Bonchev–Trinajstić information content (AvgIpc) is 2.87. The van der Waals surface area contributed by atoms with Crippen LogP contribution < -0.4 is 4.74 Å². The summed E-state index contributed by atoms with van der Waals surface area (Å²) in [5.74, 6) is -1.68. The standard InChI is InChI=1S/C25H23ClN2O7/c1-25(2,35-20-9-7-19(26)8-10-20)24(31)33-16-21(34-23(30)18-6-4-12-28-14-18)15-32-22(29)17-5-3-11-27-13-17/h3-14,21H,15-16H2,1-2H3. The Hall–Kier alpha value is -3.98. The van der Waals surface area contributed by atoms with E-state index in [1.165, 1.54) is 50.8 Å². The van der Waals surface area contributed by atoms with Crippen LogP contribution in [0.2, 0.25) is 5.02 Å². The molecule has 3 aromatic rings. The van der Waals surface area contributed by atoms with Gasteiger partial charge in [0.25, 0.3) is 0 Å². The number of halogens is 1. The third-order valence-corrected chi connectivity index (χ3v) is 4.80. The molecule has 0 aliphatic rings. The fraction of sp³-hybridized carbons (Fsp3) is 0.240. The third-order valence-electron chi connectivity index (χ3n) is 4.55. The van der Waals surface area contributed by atoms with Crippen molar-refractivity contribution in [3.63, 3.8) is 0 Å². The first-order valence-electron chi connectivity index (χ1n) is 10.5. The van der Waals surface area contributed by atoms with Crippen LogP contribution in [-0.2, 0) is 19.0 Å². The molecule has 9 nitrogen and oxygen atoms in total. The van der Waals surface area contributed by atoms with E-state index in [4.69, 9.17) is 30.5 Å². The summed E-state index contributed by atoms with van der Waals surface area (Å²) < 4.78 is 21.7. The van der Waals surface area contributed by atoms with Gasteiger partial charge < -0.3 is 18.9 Å². The Kier molecular flexibility index (Phi) is 8.74. The fourth-order valence-corrected chi connectivity index (χ4v) is 2.86. The van der Waals surface area contributed by atoms with Crippen molar-refractivity contribution < 1.29 is 33.3 Å². The Morgan fingerprint density at radius 1 is 0.857 bits per heavy atom. The molecule has 0 saturated carbocycles. The number of aromatic nitrogens is 2. The van der Waals surface area contributed by atoms with Gasteiger partial charge in [0.2, 0.25) is 0 Å². The van der Waals surface area contributed by atoms with Crippen molar-refractivity contribution in [3.05, 3.63) is 89.5 Å². The van der Waals surface area contributed by atoms with Gasteiger partial charge in [-0.25, -0.2) is 14.4 Å². The topological polar surface area (TPSA) is 114 Å². The molecule has 0 aliphatic carbocycles. The molecule has 0 amide bonds. The molecular weight excluding hydrogens is 476 g/mol. The van der Waals surface area contributed by atoms with Gasteiger partial charge >= 0.3 is 17.9 Å². The maximum Gasteiger partial charge on any atom is 0.350 e. The number of carbonyl (C=O) groups is 3. The molecule has 1 atom stereocenters. The van der Waals surface area contributed by atoms with E-state index in [0.717, 1.165) is 0 Å². The maximum atomic E-state index is 12.7. The van der Waals surface area contributed by atoms with E-state index >= 15 is 0 Å². The molecule has 0 bridgehead atoms. The van der Waals surface area contributed by atoms with Crippen LogP contribution in [-0.4, -0.2) is 52.8 Å². The van der Waals surface area contributed by atoms with Crippen molar-refractivity contribution in [1.29, 1.82) is 0 Å². The van der Waals surface area contributed by atoms with Crippen LogP contribution in [0.1, 0.15) is 34.6 Å². The lowest BCUT2D eigenvalue weighted by Gasteiger charge is -2.25. The first kappa shape index (κ1) is 25.6. The predicted octanol–water partition coefficient (Wildman–Crippen LogP) is 3.91. The fourth-order valence-electron chi connectivity index (χ4n) is 2.74. The van der Waals surface area contributed by atoms with Crippen LogP contribution in [0, 0.1) is 0 Å². The van der Waals surface area contributed by atoms with E-state index in [0.29, 0.717) is 10.8 Å². The zero-order valence-electron chi connectivity index (χ0n) is 19.0. The normalized spacial score (nSPS) is 11.7. The predicted molar refractivity (Wildman–Crippen MR) is 125 cm³/mol. The van der Waals surface area contributed by atoms with Crippen molar-refractivity contribution in [2.45, 2.75) is 25.6 Å². The first-order chi connectivity index (χ1) is 16.7. The number of esters is 3. The summed E-state index contributed by atoms with van der Waals surface area (Å²) in [5.41, 5.74) is -0.953. The summed E-state index contributed by atoms with van der Waals surface area (Å²) in [7, 11) is 0. The van der Waals surface area contributed by atoms with Gasteiger partial charge in [0.1, 0.15) is 19.0 Å². The highest BCUT2D eigenvalue weighted by atomic mass is 35.5. The molecule has 0 spiro atoms. The molecule has 1 aromatic carbocycles. The first-order valence-corrected chi connectivity index (χ1v) is 10.9. The molecule has 0 N–H and O–H groups in total. The summed E-state index contributed by atoms with van der Waals surface area (Å²) in [6.45, 7) is 2.33. The Morgan fingerprint density at radius 2 is 1.43 bits per heavy atom. The monoisotopic (exact) mass is 498 g/mol. The van der Waals surface area contributed by atoms with Gasteiger partial charge in [0.05, 0.1) is 11.1 Å². The highest BCUT2D eigenvalue weighted by Crippen LogP contribution is 2.22. The van der Waals surface area contributed by atoms with E-state index in [1.54, 1.807) is 36.4 Å². The lowest BCUT2D eigenvalue weighted by atomic mass is 10.1. The minimum absolute atomic E-state index is 0.189. The zero-order valence-corrected chi connectivity index (χ0v) is 19.8. The van der Waals surface area contributed by atoms with Gasteiger partial charge in [-0.1, -0.05) is 11.6 Å². The van der Waals surface area contributed by atoms with Gasteiger partial charge in [-0.3, -0.25) is 9.97 Å². The Balaban J connectivity index is 1.64. The molecule has 10 heteroatoms. The van der Waals surface area contributed by atoms with Crippen molar-refractivity contribution in [2.75, 3.05) is 13.2 Å². The van der Waals surface area contributed by atoms with E-state index in [-0.39, 0.29) is 24.3 Å². The molecule has 0 radical (unpaired) electrons. The molecule has 2 heterocycles. The van der Waals surface area contributed by atoms with Gasteiger partial charge in [0.15, 0.2) is 11.7 Å². The number of hydrogen-bond acceptors (Lipinski definition) is 9. The SMILES string of the molecule is CC(C)(Oc1ccc(Cl)cc1)C(=O)OCC(COC(=O)c1cccnc1)OC(=O)c1cccnc1. The Labute approximate surface area is 207 Å². The number of pyridine rings is 2. The minimum Gasteiger partial charge on any atom is -0.476 e. The van der Waals surface area contributed by atoms with Crippen LogP contribution in [0.3, 0.4) is 0 Å². The Morgan fingerprint density at radius 3 is 2.00 bits per heavy atom. The van der Waals surface area contributed by atoms with Crippen LogP contribution >= 0.6 is 11.6 Å². The molecule has 3 rings (SSSR count). The molecule has 35 heavy (non-hydrogen) atoms. The van der Waals surface area contributed by atoms with Gasteiger partial charge in [-0.2, -0.15) is 0 Å². The van der Waals surface area contributed by atoms with Crippen molar-refractivity contribution in [3.8, 4) is 5.75 Å². The van der Waals surface area contributed by atoms with E-state index in [9.17, 15) is 14.4 Å². The average molecular weight is 499 g/mol. The van der Waals surface area contributed by atoms with E-state index in [2.05, 4.69) is 9.97 Å². The van der Waals surface area contributed by atoms with Crippen molar-refractivity contribution in [2.24, 2.45) is 0 Å². The van der Waals surface area contributed by atoms with Crippen LogP contribution in [0.5, 0.6) is 5.75 Å². The number of rotatable bonds is 10. The van der Waals surface area contributed by atoms with E-state index in [1.807, 2.05) is 0 Å². The van der Waals surface area contributed by atoms with Crippen LogP contribution in [0.4, 0.5) is 0 Å². The molecular formula is C25H23ClN2O7. The van der Waals surface area contributed by atoms with Crippen molar-refractivity contribution >= 4 is 29.5 Å². The van der Waals surface area contributed by atoms with E-state index < -0.39 is 29.6 Å². The second-order valence-corrected chi connectivity index (χ2v) is 8.21. The second kappa shape index (κ2) is 11.9. The number of carbonyl (C=O) groups excluding carboxylic acids is 3. The summed E-state index contributed by atoms with van der Waals surface area (Å²) in [6, 6.07) is 12.7. The highest BCUT2D eigenvalue weighted by Gasteiger charge is 2.33. The molecule has 2 aromatic heterocycles. The molecule has 0 aliphatic heterocycles. The largest absolute Gasteiger partial charge is 0.476 e. The zero-order chi connectivity index (χ0) is 25.3. The molecule has 1 unspecified atom stereocenters. The summed E-state index contributed by atoms with van der Waals surface area (Å²) in [5, 5.41) is 0.525. The maximum absolute atomic E-state index is 12.7. The number of hydrogen-bond donors (Lipinski definition) is 0. The van der Waals surface area contributed by atoms with Crippen LogP contribution in [0.15, 0.2) is 73.3 Å². The number of benzene rings is 1. The lowest BCUT2D eigenvalue weighted by molar-refractivity contribution is -0.163. The number of nitrogens with zero attached hydrogens (tertiary/aromatic N) is 2.